The minimum absolute atomic E-state index is 0.501. The van der Waals surface area contributed by atoms with Crippen LogP contribution in [0.5, 0.6) is 0 Å². The molecule has 4 nitrogen and oxygen atoms in total. The van der Waals surface area contributed by atoms with E-state index in [1.807, 2.05) is 12.3 Å². The number of rotatable bonds is 4. The minimum Gasteiger partial charge on any atom is -0.386 e. The van der Waals surface area contributed by atoms with Crippen LogP contribution in [0.1, 0.15) is 19.8 Å². The third kappa shape index (κ3) is 2.30. The summed E-state index contributed by atoms with van der Waals surface area (Å²) in [5.74, 6) is 0.917. The predicted octanol–water partition coefficient (Wildman–Crippen LogP) is 1.55. The van der Waals surface area contributed by atoms with Gasteiger partial charge in [-0.05, 0) is 12.7 Å². The summed E-state index contributed by atoms with van der Waals surface area (Å²) in [6, 6.07) is 1.97. The SMILES string of the molecule is CCCC1(O)CN(c2cc(SC)ncn2)C1. The molecule has 1 aromatic rings. The van der Waals surface area contributed by atoms with Crippen molar-refractivity contribution < 1.29 is 5.11 Å². The standard InChI is InChI=1S/C11H17N3OS/c1-3-4-11(15)6-14(7-11)9-5-10(16-2)13-8-12-9/h5,8,15H,3-4,6-7H2,1-2H3. The van der Waals surface area contributed by atoms with Gasteiger partial charge in [-0.1, -0.05) is 13.3 Å². The van der Waals surface area contributed by atoms with E-state index in [1.54, 1.807) is 18.1 Å². The van der Waals surface area contributed by atoms with Crippen molar-refractivity contribution in [3.05, 3.63) is 12.4 Å². The van der Waals surface area contributed by atoms with Crippen LogP contribution >= 0.6 is 11.8 Å². The number of hydrogen-bond donors (Lipinski definition) is 1. The molecule has 0 amide bonds. The second kappa shape index (κ2) is 4.59. The molecule has 0 unspecified atom stereocenters. The Morgan fingerprint density at radius 1 is 1.50 bits per heavy atom. The van der Waals surface area contributed by atoms with E-state index in [2.05, 4.69) is 21.8 Å². The fraction of sp³-hybridized carbons (Fsp3) is 0.636. The van der Waals surface area contributed by atoms with Crippen LogP contribution in [-0.2, 0) is 0 Å². The first kappa shape index (κ1) is 11.7. The molecule has 1 saturated heterocycles. The predicted molar refractivity (Wildman–Crippen MR) is 65.9 cm³/mol. The zero-order valence-electron chi connectivity index (χ0n) is 9.68. The minimum atomic E-state index is -0.501. The summed E-state index contributed by atoms with van der Waals surface area (Å²) in [5.41, 5.74) is -0.501. The van der Waals surface area contributed by atoms with E-state index in [-0.39, 0.29) is 0 Å². The number of aromatic nitrogens is 2. The number of β-amino-alcohol motifs (C(OH)–C–C–N with tert-alkyl or cyclic N) is 1. The number of anilines is 1. The van der Waals surface area contributed by atoms with Gasteiger partial charge in [0, 0.05) is 19.2 Å². The van der Waals surface area contributed by atoms with Crippen LogP contribution in [0.15, 0.2) is 17.4 Å². The van der Waals surface area contributed by atoms with Crippen molar-refractivity contribution in [1.29, 1.82) is 0 Å². The van der Waals surface area contributed by atoms with Gasteiger partial charge in [0.05, 0.1) is 5.60 Å². The Morgan fingerprint density at radius 2 is 2.25 bits per heavy atom. The van der Waals surface area contributed by atoms with Crippen molar-refractivity contribution in [3.63, 3.8) is 0 Å². The maximum absolute atomic E-state index is 10.1. The van der Waals surface area contributed by atoms with Crippen molar-refractivity contribution >= 4 is 17.6 Å². The molecule has 0 aliphatic carbocycles. The highest BCUT2D eigenvalue weighted by atomic mass is 32.2. The lowest BCUT2D eigenvalue weighted by Gasteiger charge is -2.47. The third-order valence-electron chi connectivity index (χ3n) is 2.85. The topological polar surface area (TPSA) is 49.2 Å². The van der Waals surface area contributed by atoms with Crippen LogP contribution in [0.4, 0.5) is 5.82 Å². The van der Waals surface area contributed by atoms with Gasteiger partial charge in [0.2, 0.25) is 0 Å². The summed E-state index contributed by atoms with van der Waals surface area (Å²) in [6.45, 7) is 3.47. The van der Waals surface area contributed by atoms with E-state index in [4.69, 9.17) is 0 Å². The monoisotopic (exact) mass is 239 g/mol. The van der Waals surface area contributed by atoms with Gasteiger partial charge in [-0.15, -0.1) is 11.8 Å². The van der Waals surface area contributed by atoms with Gasteiger partial charge in [-0.25, -0.2) is 9.97 Å². The van der Waals surface area contributed by atoms with Crippen LogP contribution in [0.25, 0.3) is 0 Å². The second-order valence-corrected chi connectivity index (χ2v) is 5.08. The Balaban J connectivity index is 2.00. The molecule has 0 bridgehead atoms. The van der Waals surface area contributed by atoms with E-state index >= 15 is 0 Å². The molecule has 2 rings (SSSR count). The molecule has 1 fully saturated rings. The van der Waals surface area contributed by atoms with E-state index in [0.717, 1.165) is 23.7 Å². The molecule has 5 heteroatoms. The largest absolute Gasteiger partial charge is 0.386 e. The van der Waals surface area contributed by atoms with Crippen molar-refractivity contribution in [2.24, 2.45) is 0 Å². The molecule has 1 aliphatic rings. The lowest BCUT2D eigenvalue weighted by molar-refractivity contribution is 0.00290. The number of hydrogen-bond acceptors (Lipinski definition) is 5. The van der Waals surface area contributed by atoms with Crippen LogP contribution in [0, 0.1) is 0 Å². The number of aliphatic hydroxyl groups is 1. The van der Waals surface area contributed by atoms with E-state index in [9.17, 15) is 5.11 Å². The Kier molecular flexibility index (Phi) is 3.35. The van der Waals surface area contributed by atoms with Gasteiger partial charge in [-0.2, -0.15) is 0 Å². The molecule has 0 aromatic carbocycles. The van der Waals surface area contributed by atoms with E-state index in [1.165, 1.54) is 0 Å². The summed E-state index contributed by atoms with van der Waals surface area (Å²) in [5, 5.41) is 11.0. The van der Waals surface area contributed by atoms with E-state index in [0.29, 0.717) is 13.1 Å². The maximum atomic E-state index is 10.1. The zero-order chi connectivity index (χ0) is 11.6. The summed E-state index contributed by atoms with van der Waals surface area (Å²) < 4.78 is 0. The summed E-state index contributed by atoms with van der Waals surface area (Å²) >= 11 is 1.60. The van der Waals surface area contributed by atoms with E-state index < -0.39 is 5.60 Å². The van der Waals surface area contributed by atoms with Crippen molar-refractivity contribution in [1.82, 2.24) is 9.97 Å². The van der Waals surface area contributed by atoms with Crippen LogP contribution in [-0.4, -0.2) is 40.0 Å². The Hall–Kier alpha value is -0.810. The molecular formula is C11H17N3OS. The maximum Gasteiger partial charge on any atom is 0.133 e. The smallest absolute Gasteiger partial charge is 0.133 e. The Labute approximate surface area is 100 Å². The second-order valence-electron chi connectivity index (χ2n) is 4.25. The normalized spacial score (nSPS) is 18.3. The quantitative estimate of drug-likeness (QED) is 0.638. The van der Waals surface area contributed by atoms with Gasteiger partial charge in [0.25, 0.3) is 0 Å². The van der Waals surface area contributed by atoms with Crippen LogP contribution in [0.3, 0.4) is 0 Å². The Bertz CT molecular complexity index is 366. The van der Waals surface area contributed by atoms with Crippen molar-refractivity contribution in [2.75, 3.05) is 24.2 Å². The molecule has 0 atom stereocenters. The average molecular weight is 239 g/mol. The van der Waals surface area contributed by atoms with Crippen LogP contribution in [0.2, 0.25) is 0 Å². The van der Waals surface area contributed by atoms with Gasteiger partial charge >= 0.3 is 0 Å². The third-order valence-corrected chi connectivity index (χ3v) is 3.49. The first-order chi connectivity index (χ1) is 7.67. The lowest BCUT2D eigenvalue weighted by atomic mass is 9.89. The van der Waals surface area contributed by atoms with Crippen molar-refractivity contribution in [2.45, 2.75) is 30.4 Å². The molecule has 0 radical (unpaired) electrons. The summed E-state index contributed by atoms with van der Waals surface area (Å²) in [7, 11) is 0. The molecule has 2 heterocycles. The first-order valence-corrected chi connectivity index (χ1v) is 6.73. The van der Waals surface area contributed by atoms with Crippen molar-refractivity contribution in [3.8, 4) is 0 Å². The summed E-state index contributed by atoms with van der Waals surface area (Å²) in [4.78, 5) is 10.5. The molecule has 0 saturated carbocycles. The molecule has 1 aromatic heterocycles. The fourth-order valence-electron chi connectivity index (χ4n) is 2.06. The number of thioether (sulfide) groups is 1. The first-order valence-electron chi connectivity index (χ1n) is 5.50. The molecule has 0 spiro atoms. The molecule has 1 N–H and O–H groups in total. The number of nitrogens with zero attached hydrogens (tertiary/aromatic N) is 3. The molecule has 88 valence electrons. The van der Waals surface area contributed by atoms with Gasteiger partial charge in [0.15, 0.2) is 0 Å². The highest BCUT2D eigenvalue weighted by Gasteiger charge is 2.40. The van der Waals surface area contributed by atoms with Crippen LogP contribution < -0.4 is 4.90 Å². The Morgan fingerprint density at radius 3 is 2.88 bits per heavy atom. The van der Waals surface area contributed by atoms with Gasteiger partial charge in [-0.3, -0.25) is 0 Å². The average Bonchev–Trinajstić information content (AvgIpc) is 2.26. The highest BCUT2D eigenvalue weighted by molar-refractivity contribution is 7.98. The van der Waals surface area contributed by atoms with Gasteiger partial charge in [0.1, 0.15) is 17.2 Å². The fourth-order valence-corrected chi connectivity index (χ4v) is 2.44. The zero-order valence-corrected chi connectivity index (χ0v) is 10.5. The summed E-state index contributed by atoms with van der Waals surface area (Å²) in [6.07, 6.45) is 5.46. The molecule has 1 aliphatic heterocycles. The molecular weight excluding hydrogens is 222 g/mol. The highest BCUT2D eigenvalue weighted by Crippen LogP contribution is 2.30. The molecule has 16 heavy (non-hydrogen) atoms. The lowest BCUT2D eigenvalue weighted by Crippen LogP contribution is -2.62. The van der Waals surface area contributed by atoms with Gasteiger partial charge < -0.3 is 10.0 Å².